The van der Waals surface area contributed by atoms with Gasteiger partial charge in [-0.2, -0.15) is 0 Å². The minimum atomic E-state index is 0.507. The summed E-state index contributed by atoms with van der Waals surface area (Å²) >= 11 is 0. The standard InChI is InChI=1S/C8H15NO.C2H6/c1-2-9-5-6-10-7-8(9)3-4-8;1-2/h2-7H2,1H3;1-2H3. The average Bonchev–Trinajstić information content (AvgIpc) is 2.90. The van der Waals surface area contributed by atoms with Crippen LogP contribution in [0.1, 0.15) is 33.6 Å². The Bertz CT molecular complexity index is 132. The lowest BCUT2D eigenvalue weighted by molar-refractivity contribution is -0.0174. The minimum Gasteiger partial charge on any atom is -0.378 e. The second-order valence-corrected chi connectivity index (χ2v) is 3.36. The Morgan fingerprint density at radius 1 is 1.33 bits per heavy atom. The highest BCUT2D eigenvalue weighted by atomic mass is 16.5. The fourth-order valence-electron chi connectivity index (χ4n) is 1.86. The number of likely N-dealkylation sites (N-methyl/N-ethyl adjacent to an activating group) is 1. The van der Waals surface area contributed by atoms with E-state index in [1.54, 1.807) is 0 Å². The number of rotatable bonds is 1. The molecule has 12 heavy (non-hydrogen) atoms. The van der Waals surface area contributed by atoms with Crippen molar-refractivity contribution in [1.82, 2.24) is 4.90 Å². The van der Waals surface area contributed by atoms with Gasteiger partial charge in [0.25, 0.3) is 0 Å². The molecule has 2 heteroatoms. The minimum absolute atomic E-state index is 0.507. The van der Waals surface area contributed by atoms with E-state index >= 15 is 0 Å². The zero-order chi connectivity index (χ0) is 9.03. The monoisotopic (exact) mass is 171 g/mol. The summed E-state index contributed by atoms with van der Waals surface area (Å²) in [6.45, 7) is 10.5. The van der Waals surface area contributed by atoms with Gasteiger partial charge in [0, 0.05) is 12.1 Å². The Morgan fingerprint density at radius 2 is 2.00 bits per heavy atom. The molecule has 0 bridgehead atoms. The first-order valence-electron chi connectivity index (χ1n) is 5.20. The molecule has 0 atom stereocenters. The van der Waals surface area contributed by atoms with Crippen molar-refractivity contribution in [3.05, 3.63) is 0 Å². The van der Waals surface area contributed by atoms with E-state index in [0.717, 1.165) is 19.8 Å². The summed E-state index contributed by atoms with van der Waals surface area (Å²) in [7, 11) is 0. The fraction of sp³-hybridized carbons (Fsp3) is 1.00. The summed E-state index contributed by atoms with van der Waals surface area (Å²) in [5.74, 6) is 0. The van der Waals surface area contributed by atoms with Gasteiger partial charge < -0.3 is 4.74 Å². The zero-order valence-corrected chi connectivity index (χ0v) is 8.60. The molecule has 1 saturated carbocycles. The molecule has 0 aromatic rings. The van der Waals surface area contributed by atoms with E-state index in [1.807, 2.05) is 13.8 Å². The summed E-state index contributed by atoms with van der Waals surface area (Å²) in [6, 6.07) is 0. The smallest absolute Gasteiger partial charge is 0.0651 e. The van der Waals surface area contributed by atoms with E-state index < -0.39 is 0 Å². The summed E-state index contributed by atoms with van der Waals surface area (Å²) < 4.78 is 5.44. The van der Waals surface area contributed by atoms with Gasteiger partial charge in [0.05, 0.1) is 13.2 Å². The highest BCUT2D eigenvalue weighted by Crippen LogP contribution is 2.43. The molecule has 0 aromatic carbocycles. The molecule has 2 fully saturated rings. The van der Waals surface area contributed by atoms with Crippen molar-refractivity contribution >= 4 is 0 Å². The Morgan fingerprint density at radius 3 is 2.42 bits per heavy atom. The van der Waals surface area contributed by atoms with Gasteiger partial charge in [0.15, 0.2) is 0 Å². The number of hydrogen-bond donors (Lipinski definition) is 0. The maximum atomic E-state index is 5.44. The van der Waals surface area contributed by atoms with E-state index in [4.69, 9.17) is 4.74 Å². The fourth-order valence-corrected chi connectivity index (χ4v) is 1.86. The van der Waals surface area contributed by atoms with Crippen LogP contribution < -0.4 is 0 Å². The maximum absolute atomic E-state index is 5.44. The topological polar surface area (TPSA) is 12.5 Å². The lowest BCUT2D eigenvalue weighted by Gasteiger charge is -2.34. The van der Waals surface area contributed by atoms with Gasteiger partial charge in [0.1, 0.15) is 0 Å². The summed E-state index contributed by atoms with van der Waals surface area (Å²) in [5.41, 5.74) is 0.507. The second kappa shape index (κ2) is 4.24. The van der Waals surface area contributed by atoms with Crippen molar-refractivity contribution in [2.75, 3.05) is 26.3 Å². The van der Waals surface area contributed by atoms with Crippen LogP contribution in [0.25, 0.3) is 0 Å². The lowest BCUT2D eigenvalue weighted by atomic mass is 10.2. The van der Waals surface area contributed by atoms with E-state index in [0.29, 0.717) is 5.54 Å². The Balaban J connectivity index is 0.000000336. The van der Waals surface area contributed by atoms with Gasteiger partial charge >= 0.3 is 0 Å². The molecule has 0 aromatic heterocycles. The zero-order valence-electron chi connectivity index (χ0n) is 8.60. The molecule has 1 aliphatic carbocycles. The Labute approximate surface area is 75.9 Å². The molecular formula is C10H21NO. The number of morpholine rings is 1. The molecule has 0 N–H and O–H groups in total. The van der Waals surface area contributed by atoms with Crippen LogP contribution in [0.4, 0.5) is 0 Å². The number of hydrogen-bond acceptors (Lipinski definition) is 2. The van der Waals surface area contributed by atoms with Gasteiger partial charge in [-0.25, -0.2) is 0 Å². The van der Waals surface area contributed by atoms with Crippen molar-refractivity contribution in [3.8, 4) is 0 Å². The van der Waals surface area contributed by atoms with Crippen molar-refractivity contribution in [3.63, 3.8) is 0 Å². The van der Waals surface area contributed by atoms with Gasteiger partial charge in [-0.1, -0.05) is 20.8 Å². The van der Waals surface area contributed by atoms with Crippen molar-refractivity contribution in [2.45, 2.75) is 39.2 Å². The first-order chi connectivity index (χ1) is 5.87. The van der Waals surface area contributed by atoms with E-state index in [9.17, 15) is 0 Å². The van der Waals surface area contributed by atoms with Crippen molar-refractivity contribution in [1.29, 1.82) is 0 Å². The summed E-state index contributed by atoms with van der Waals surface area (Å²) in [6.07, 6.45) is 2.72. The van der Waals surface area contributed by atoms with Crippen LogP contribution in [0.15, 0.2) is 0 Å². The summed E-state index contributed by atoms with van der Waals surface area (Å²) in [5, 5.41) is 0. The third kappa shape index (κ3) is 1.80. The molecule has 2 nitrogen and oxygen atoms in total. The predicted molar refractivity (Wildman–Crippen MR) is 51.4 cm³/mol. The van der Waals surface area contributed by atoms with Crippen molar-refractivity contribution < 1.29 is 4.74 Å². The molecule has 0 radical (unpaired) electrons. The first-order valence-corrected chi connectivity index (χ1v) is 5.20. The molecule has 2 rings (SSSR count). The van der Waals surface area contributed by atoms with Crippen LogP contribution in [0.2, 0.25) is 0 Å². The molecule has 0 amide bonds. The van der Waals surface area contributed by atoms with Gasteiger partial charge in [0.2, 0.25) is 0 Å². The largest absolute Gasteiger partial charge is 0.378 e. The molecule has 72 valence electrons. The Hall–Kier alpha value is -0.0800. The molecule has 1 heterocycles. The molecular weight excluding hydrogens is 150 g/mol. The Kier molecular flexibility index (Phi) is 3.53. The van der Waals surface area contributed by atoms with Crippen LogP contribution in [-0.4, -0.2) is 36.7 Å². The first kappa shape index (κ1) is 10.0. The quantitative estimate of drug-likeness (QED) is 0.597. The highest BCUT2D eigenvalue weighted by molar-refractivity contribution is 5.04. The molecule has 1 aliphatic heterocycles. The number of nitrogens with zero attached hydrogens (tertiary/aromatic N) is 1. The van der Waals surface area contributed by atoms with Gasteiger partial charge in [-0.05, 0) is 19.4 Å². The average molecular weight is 171 g/mol. The lowest BCUT2D eigenvalue weighted by Crippen LogP contribution is -2.47. The van der Waals surface area contributed by atoms with E-state index in [1.165, 1.54) is 19.4 Å². The number of ether oxygens (including phenoxy) is 1. The molecule has 2 aliphatic rings. The molecule has 1 saturated heterocycles. The normalized spacial score (nSPS) is 26.2. The maximum Gasteiger partial charge on any atom is 0.0651 e. The SMILES string of the molecule is CC.CCN1CCOCC12CC2. The van der Waals surface area contributed by atoms with E-state index in [-0.39, 0.29) is 0 Å². The van der Waals surface area contributed by atoms with Gasteiger partial charge in [-0.3, -0.25) is 4.90 Å². The van der Waals surface area contributed by atoms with Crippen molar-refractivity contribution in [2.24, 2.45) is 0 Å². The highest BCUT2D eigenvalue weighted by Gasteiger charge is 2.48. The van der Waals surface area contributed by atoms with Crippen LogP contribution in [0.5, 0.6) is 0 Å². The predicted octanol–water partition coefficient (Wildman–Crippen LogP) is 1.90. The van der Waals surface area contributed by atoms with Crippen LogP contribution in [-0.2, 0) is 4.74 Å². The van der Waals surface area contributed by atoms with Gasteiger partial charge in [-0.15, -0.1) is 0 Å². The van der Waals surface area contributed by atoms with Crippen LogP contribution >= 0.6 is 0 Å². The third-order valence-electron chi connectivity index (χ3n) is 2.76. The van der Waals surface area contributed by atoms with Crippen LogP contribution in [0, 0.1) is 0 Å². The van der Waals surface area contributed by atoms with E-state index in [2.05, 4.69) is 11.8 Å². The molecule has 0 unspecified atom stereocenters. The summed E-state index contributed by atoms with van der Waals surface area (Å²) in [4.78, 5) is 2.57. The van der Waals surface area contributed by atoms with Crippen LogP contribution in [0.3, 0.4) is 0 Å². The second-order valence-electron chi connectivity index (χ2n) is 3.36. The molecule has 1 spiro atoms. The third-order valence-corrected chi connectivity index (χ3v) is 2.76.